The van der Waals surface area contributed by atoms with Crippen molar-refractivity contribution >= 4 is 23.4 Å². The van der Waals surface area contributed by atoms with Gasteiger partial charge in [0.05, 0.1) is 25.2 Å². The van der Waals surface area contributed by atoms with Crippen molar-refractivity contribution in [3.8, 4) is 0 Å². The molecule has 2 aromatic carbocycles. The number of rotatable bonds is 15. The van der Waals surface area contributed by atoms with Crippen LogP contribution in [0.3, 0.4) is 0 Å². The van der Waals surface area contributed by atoms with Gasteiger partial charge in [0.2, 0.25) is 17.7 Å². The highest BCUT2D eigenvalue weighted by atomic mass is 16.5. The molecule has 2 aromatic rings. The number of anilines is 1. The van der Waals surface area contributed by atoms with E-state index in [0.717, 1.165) is 55.8 Å². The fraction of sp³-hybridized carbons (Fsp3) is 0.516. The maximum atomic E-state index is 13.9. The van der Waals surface area contributed by atoms with Gasteiger partial charge in [0.1, 0.15) is 0 Å². The normalized spacial score (nSPS) is 14.9. The molecule has 0 atom stereocenters. The smallest absolute Gasteiger partial charge is 0.239 e. The van der Waals surface area contributed by atoms with Gasteiger partial charge in [-0.05, 0) is 43.0 Å². The zero-order valence-corrected chi connectivity index (χ0v) is 25.3. The number of nitrogens with one attached hydrogen (secondary N) is 1. The SMILES string of the molecule is COCC1(N(C(=O)CCNC(=O)CN(Cc2ccccc2C)C(=O)CN)c2ccccc2)CCN(CCN(C)N)CC1. The van der Waals surface area contributed by atoms with Gasteiger partial charge in [-0.2, -0.15) is 0 Å². The van der Waals surface area contributed by atoms with Crippen molar-refractivity contribution in [3.05, 3.63) is 65.7 Å². The quantitative estimate of drug-likeness (QED) is 0.210. The number of hydrazine groups is 1. The Morgan fingerprint density at radius 1 is 1.02 bits per heavy atom. The molecule has 1 heterocycles. The van der Waals surface area contributed by atoms with Crippen LogP contribution in [0.4, 0.5) is 5.69 Å². The average Bonchev–Trinajstić information content (AvgIpc) is 2.98. The first kappa shape index (κ1) is 33.2. The van der Waals surface area contributed by atoms with Gasteiger partial charge in [0.15, 0.2) is 0 Å². The molecule has 0 aromatic heterocycles. The first-order valence-corrected chi connectivity index (χ1v) is 14.5. The minimum Gasteiger partial charge on any atom is -0.382 e. The number of carbonyl (C=O) groups excluding carboxylic acids is 3. The van der Waals surface area contributed by atoms with Crippen LogP contribution in [0.25, 0.3) is 0 Å². The highest BCUT2D eigenvalue weighted by molar-refractivity contribution is 5.95. The van der Waals surface area contributed by atoms with Gasteiger partial charge in [-0.1, -0.05) is 42.5 Å². The Labute approximate surface area is 249 Å². The summed E-state index contributed by atoms with van der Waals surface area (Å²) in [4.78, 5) is 44.9. The maximum absolute atomic E-state index is 13.9. The Morgan fingerprint density at radius 2 is 1.69 bits per heavy atom. The van der Waals surface area contributed by atoms with E-state index in [4.69, 9.17) is 16.3 Å². The molecule has 0 radical (unpaired) electrons. The van der Waals surface area contributed by atoms with Crippen LogP contribution in [0.1, 0.15) is 30.4 Å². The van der Waals surface area contributed by atoms with Crippen LogP contribution in [0, 0.1) is 6.92 Å². The van der Waals surface area contributed by atoms with E-state index in [1.54, 1.807) is 12.1 Å². The lowest BCUT2D eigenvalue weighted by molar-refractivity contribution is -0.135. The predicted octanol–water partition coefficient (Wildman–Crippen LogP) is 1.11. The van der Waals surface area contributed by atoms with Crippen molar-refractivity contribution in [1.82, 2.24) is 20.1 Å². The lowest BCUT2D eigenvalue weighted by atomic mass is 9.85. The third-order valence-corrected chi connectivity index (χ3v) is 7.85. The molecule has 0 bridgehead atoms. The highest BCUT2D eigenvalue weighted by Gasteiger charge is 2.43. The highest BCUT2D eigenvalue weighted by Crippen LogP contribution is 2.34. The van der Waals surface area contributed by atoms with Crippen LogP contribution >= 0.6 is 0 Å². The van der Waals surface area contributed by atoms with Crippen molar-refractivity contribution in [2.75, 3.05) is 71.5 Å². The summed E-state index contributed by atoms with van der Waals surface area (Å²) >= 11 is 0. The molecule has 0 aliphatic carbocycles. The average molecular weight is 582 g/mol. The number of piperidine rings is 1. The van der Waals surface area contributed by atoms with E-state index in [1.165, 1.54) is 4.90 Å². The van der Waals surface area contributed by atoms with Crippen molar-refractivity contribution in [3.63, 3.8) is 0 Å². The summed E-state index contributed by atoms with van der Waals surface area (Å²) < 4.78 is 5.69. The molecule has 1 saturated heterocycles. The minimum atomic E-state index is -0.514. The molecule has 3 rings (SSSR count). The van der Waals surface area contributed by atoms with Crippen LogP contribution in [0.2, 0.25) is 0 Å². The monoisotopic (exact) mass is 581 g/mol. The molecule has 11 heteroatoms. The second kappa shape index (κ2) is 16.3. The number of benzene rings is 2. The van der Waals surface area contributed by atoms with Gasteiger partial charge < -0.3 is 30.5 Å². The lowest BCUT2D eigenvalue weighted by Crippen LogP contribution is -2.61. The molecule has 1 aliphatic heterocycles. The van der Waals surface area contributed by atoms with Crippen LogP contribution in [0.15, 0.2) is 54.6 Å². The van der Waals surface area contributed by atoms with E-state index in [0.29, 0.717) is 6.61 Å². The van der Waals surface area contributed by atoms with Gasteiger partial charge in [-0.25, -0.2) is 5.01 Å². The van der Waals surface area contributed by atoms with E-state index < -0.39 is 5.54 Å². The Bertz CT molecular complexity index is 1150. The van der Waals surface area contributed by atoms with Crippen LogP contribution in [0.5, 0.6) is 0 Å². The lowest BCUT2D eigenvalue weighted by Gasteiger charge is -2.48. The van der Waals surface area contributed by atoms with Crippen molar-refractivity contribution in [1.29, 1.82) is 0 Å². The van der Waals surface area contributed by atoms with E-state index in [2.05, 4.69) is 10.2 Å². The number of hydrogen-bond acceptors (Lipinski definition) is 8. The zero-order valence-electron chi connectivity index (χ0n) is 25.3. The second-order valence-electron chi connectivity index (χ2n) is 11.0. The predicted molar refractivity (Wildman–Crippen MR) is 164 cm³/mol. The van der Waals surface area contributed by atoms with Gasteiger partial charge in [-0.15, -0.1) is 0 Å². The number of amides is 3. The van der Waals surface area contributed by atoms with Crippen molar-refractivity contribution in [2.45, 2.75) is 38.3 Å². The van der Waals surface area contributed by atoms with E-state index in [-0.39, 0.29) is 50.3 Å². The third kappa shape index (κ3) is 9.33. The molecule has 1 aliphatic rings. The summed E-state index contributed by atoms with van der Waals surface area (Å²) in [7, 11) is 3.52. The Hall–Kier alpha value is -3.35. The fourth-order valence-corrected chi connectivity index (χ4v) is 5.46. The summed E-state index contributed by atoms with van der Waals surface area (Å²) in [5.41, 5.74) is 7.89. The molecule has 0 spiro atoms. The molecular weight excluding hydrogens is 534 g/mol. The second-order valence-corrected chi connectivity index (χ2v) is 11.0. The van der Waals surface area contributed by atoms with E-state index in [1.807, 2.05) is 73.5 Å². The van der Waals surface area contributed by atoms with Gasteiger partial charge in [0.25, 0.3) is 0 Å². The molecule has 0 unspecified atom stereocenters. The number of likely N-dealkylation sites (N-methyl/N-ethyl adjacent to an activating group) is 1. The van der Waals surface area contributed by atoms with Gasteiger partial charge >= 0.3 is 0 Å². The molecule has 3 amide bonds. The number of nitrogens with two attached hydrogens (primary N) is 2. The molecule has 0 saturated carbocycles. The zero-order chi connectivity index (χ0) is 30.5. The van der Waals surface area contributed by atoms with Crippen LogP contribution in [-0.4, -0.2) is 105 Å². The number of methoxy groups -OCH3 is 1. The summed E-state index contributed by atoms with van der Waals surface area (Å²) in [6.07, 6.45) is 1.60. The Kier molecular flexibility index (Phi) is 12.9. The number of ether oxygens (including phenoxy) is 1. The topological polar surface area (TPSA) is 137 Å². The number of likely N-dealkylation sites (tertiary alicyclic amines) is 1. The maximum Gasteiger partial charge on any atom is 0.239 e. The molecule has 42 heavy (non-hydrogen) atoms. The van der Waals surface area contributed by atoms with Crippen LogP contribution < -0.4 is 21.8 Å². The standard InChI is InChI=1S/C31H47N7O4/c1-25-9-7-8-10-26(25)22-37(30(41)21-32)23-28(39)34-16-13-29(40)38(27-11-5-4-6-12-27)31(24-42-3)14-17-36(18-15-31)20-19-35(2)33/h4-12H,13-24,32-33H2,1-3H3,(H,34,39). The summed E-state index contributed by atoms with van der Waals surface area (Å²) in [6, 6.07) is 17.3. The van der Waals surface area contributed by atoms with Gasteiger partial charge in [0, 0.05) is 65.5 Å². The summed E-state index contributed by atoms with van der Waals surface area (Å²) in [5, 5.41) is 4.51. The molecular formula is C31H47N7O4. The number of aryl methyl sites for hydroxylation is 1. The fourth-order valence-electron chi connectivity index (χ4n) is 5.46. The molecule has 230 valence electrons. The summed E-state index contributed by atoms with van der Waals surface area (Å²) in [5.74, 6) is 5.06. The third-order valence-electron chi connectivity index (χ3n) is 7.85. The van der Waals surface area contributed by atoms with E-state index >= 15 is 0 Å². The number of nitrogens with zero attached hydrogens (tertiary/aromatic N) is 4. The van der Waals surface area contributed by atoms with Crippen LogP contribution in [-0.2, 0) is 25.7 Å². The number of hydrogen-bond donors (Lipinski definition) is 3. The molecule has 5 N–H and O–H groups in total. The molecule has 11 nitrogen and oxygen atoms in total. The van der Waals surface area contributed by atoms with Crippen molar-refractivity contribution < 1.29 is 19.1 Å². The largest absolute Gasteiger partial charge is 0.382 e. The minimum absolute atomic E-state index is 0.0940. The number of para-hydroxylation sites is 1. The first-order chi connectivity index (χ1) is 20.2. The first-order valence-electron chi connectivity index (χ1n) is 14.5. The Balaban J connectivity index is 1.67. The molecule has 1 fully saturated rings. The number of carbonyl (C=O) groups is 3. The van der Waals surface area contributed by atoms with Crippen molar-refractivity contribution in [2.24, 2.45) is 11.6 Å². The Morgan fingerprint density at radius 3 is 2.31 bits per heavy atom. The van der Waals surface area contributed by atoms with E-state index in [9.17, 15) is 14.4 Å². The van der Waals surface area contributed by atoms with Gasteiger partial charge in [-0.3, -0.25) is 20.2 Å². The summed E-state index contributed by atoms with van der Waals surface area (Å²) in [6.45, 7) is 5.72.